The van der Waals surface area contributed by atoms with Gasteiger partial charge in [-0.3, -0.25) is 4.79 Å². The standard InChI is InChI=1S/C24H25F3N4O3/c25-24(26,27)16-34-19-5-3-4-17(12-19)14-29-23(33)31-10-8-30(9-11-31)22(32)13-18-15-28-21-7-2-1-6-20(18)21/h1-7,12,15,28H,8-11,13-14,16H2,(H,29,33). The summed E-state index contributed by atoms with van der Waals surface area (Å²) < 4.78 is 41.7. The number of benzene rings is 2. The highest BCUT2D eigenvalue weighted by atomic mass is 19.4. The van der Waals surface area contributed by atoms with Gasteiger partial charge < -0.3 is 24.8 Å². The first-order valence-corrected chi connectivity index (χ1v) is 10.9. The van der Waals surface area contributed by atoms with E-state index in [1.807, 2.05) is 30.5 Å². The van der Waals surface area contributed by atoms with Gasteiger partial charge in [0, 0.05) is 49.8 Å². The van der Waals surface area contributed by atoms with Crippen LogP contribution in [0.5, 0.6) is 5.75 Å². The van der Waals surface area contributed by atoms with E-state index in [0.29, 0.717) is 38.2 Å². The number of urea groups is 1. The van der Waals surface area contributed by atoms with Gasteiger partial charge in [0.2, 0.25) is 5.91 Å². The molecule has 1 aliphatic rings. The van der Waals surface area contributed by atoms with Crippen molar-refractivity contribution in [1.29, 1.82) is 0 Å². The summed E-state index contributed by atoms with van der Waals surface area (Å²) in [5.41, 5.74) is 2.56. The van der Waals surface area contributed by atoms with Gasteiger partial charge in [0.1, 0.15) is 5.75 Å². The molecule has 0 aliphatic carbocycles. The summed E-state index contributed by atoms with van der Waals surface area (Å²) in [5.74, 6) is 0.104. The third-order valence-corrected chi connectivity index (χ3v) is 5.68. The van der Waals surface area contributed by atoms with Crippen molar-refractivity contribution in [3.63, 3.8) is 0 Å². The summed E-state index contributed by atoms with van der Waals surface area (Å²) in [6.45, 7) is 0.471. The fourth-order valence-electron chi connectivity index (χ4n) is 3.91. The molecule has 3 aromatic rings. The van der Waals surface area contributed by atoms with Crippen molar-refractivity contribution in [2.45, 2.75) is 19.1 Å². The molecular formula is C24H25F3N4O3. The molecule has 0 radical (unpaired) electrons. The van der Waals surface area contributed by atoms with Gasteiger partial charge in [-0.1, -0.05) is 30.3 Å². The lowest BCUT2D eigenvalue weighted by Gasteiger charge is -2.34. The van der Waals surface area contributed by atoms with E-state index in [1.165, 1.54) is 12.1 Å². The average molecular weight is 474 g/mol. The molecule has 2 N–H and O–H groups in total. The van der Waals surface area contributed by atoms with Crippen LogP contribution in [0.15, 0.2) is 54.7 Å². The monoisotopic (exact) mass is 474 g/mol. The first-order chi connectivity index (χ1) is 16.3. The van der Waals surface area contributed by atoms with E-state index >= 15 is 0 Å². The third-order valence-electron chi connectivity index (χ3n) is 5.68. The second-order valence-corrected chi connectivity index (χ2v) is 8.11. The van der Waals surface area contributed by atoms with Crippen LogP contribution >= 0.6 is 0 Å². The second kappa shape index (κ2) is 10.1. The first-order valence-electron chi connectivity index (χ1n) is 10.9. The predicted octanol–water partition coefficient (Wildman–Crippen LogP) is 3.71. The SMILES string of the molecule is O=C(Cc1c[nH]c2ccccc12)N1CCN(C(=O)NCc2cccc(OCC(F)(F)F)c2)CC1. The number of aromatic amines is 1. The number of aromatic nitrogens is 1. The van der Waals surface area contributed by atoms with Gasteiger partial charge in [0.05, 0.1) is 6.42 Å². The molecule has 2 heterocycles. The Labute approximate surface area is 194 Å². The molecule has 0 spiro atoms. The highest BCUT2D eigenvalue weighted by Crippen LogP contribution is 2.20. The lowest BCUT2D eigenvalue weighted by molar-refractivity contribution is -0.153. The molecule has 0 saturated carbocycles. The van der Waals surface area contributed by atoms with Crippen LogP contribution in [0.4, 0.5) is 18.0 Å². The van der Waals surface area contributed by atoms with Gasteiger partial charge in [0.25, 0.3) is 0 Å². The predicted molar refractivity (Wildman–Crippen MR) is 120 cm³/mol. The number of amides is 3. The average Bonchev–Trinajstić information content (AvgIpc) is 3.24. The summed E-state index contributed by atoms with van der Waals surface area (Å²) in [6, 6.07) is 13.7. The molecule has 2 aromatic carbocycles. The Bertz CT molecular complexity index is 1150. The Morgan fingerprint density at radius 2 is 1.74 bits per heavy atom. The van der Waals surface area contributed by atoms with Crippen molar-refractivity contribution in [3.05, 3.63) is 65.9 Å². The Balaban J connectivity index is 1.23. The Morgan fingerprint density at radius 1 is 1.00 bits per heavy atom. The number of piperazine rings is 1. The van der Waals surface area contributed by atoms with Gasteiger partial charge >= 0.3 is 12.2 Å². The number of H-pyrrole nitrogens is 1. The molecule has 4 rings (SSSR count). The molecule has 1 saturated heterocycles. The van der Waals surface area contributed by atoms with Crippen molar-refractivity contribution in [2.24, 2.45) is 0 Å². The summed E-state index contributed by atoms with van der Waals surface area (Å²) >= 11 is 0. The molecule has 0 unspecified atom stereocenters. The Morgan fingerprint density at radius 3 is 2.50 bits per heavy atom. The number of nitrogens with zero attached hydrogens (tertiary/aromatic N) is 2. The van der Waals surface area contributed by atoms with Crippen molar-refractivity contribution in [2.75, 3.05) is 32.8 Å². The van der Waals surface area contributed by atoms with Gasteiger partial charge in [-0.05, 0) is 29.3 Å². The lowest BCUT2D eigenvalue weighted by atomic mass is 10.1. The minimum absolute atomic E-state index is 0.0143. The fourth-order valence-corrected chi connectivity index (χ4v) is 3.91. The molecule has 7 nitrogen and oxygen atoms in total. The van der Waals surface area contributed by atoms with Gasteiger partial charge in [-0.25, -0.2) is 4.79 Å². The second-order valence-electron chi connectivity index (χ2n) is 8.11. The number of carbonyl (C=O) groups is 2. The molecule has 1 aliphatic heterocycles. The van der Waals surface area contributed by atoms with E-state index in [9.17, 15) is 22.8 Å². The molecule has 10 heteroatoms. The van der Waals surface area contributed by atoms with E-state index in [-0.39, 0.29) is 24.2 Å². The summed E-state index contributed by atoms with van der Waals surface area (Å²) in [5, 5.41) is 3.80. The van der Waals surface area contributed by atoms with Crippen molar-refractivity contribution in [3.8, 4) is 5.75 Å². The molecule has 180 valence electrons. The normalized spacial score (nSPS) is 14.3. The summed E-state index contributed by atoms with van der Waals surface area (Å²) in [4.78, 5) is 31.8. The van der Waals surface area contributed by atoms with Gasteiger partial charge in [0.15, 0.2) is 6.61 Å². The quantitative estimate of drug-likeness (QED) is 0.572. The van der Waals surface area contributed by atoms with Crippen molar-refractivity contribution < 1.29 is 27.5 Å². The maximum absolute atomic E-state index is 12.8. The molecular weight excluding hydrogens is 449 g/mol. The van der Waals surface area contributed by atoms with Crippen molar-refractivity contribution >= 4 is 22.8 Å². The maximum Gasteiger partial charge on any atom is 0.422 e. The number of carbonyl (C=O) groups excluding carboxylic acids is 2. The Kier molecular flexibility index (Phi) is 6.95. The van der Waals surface area contributed by atoms with E-state index in [4.69, 9.17) is 4.74 Å². The highest BCUT2D eigenvalue weighted by molar-refractivity contribution is 5.89. The minimum Gasteiger partial charge on any atom is -0.484 e. The Hall–Kier alpha value is -3.69. The third kappa shape index (κ3) is 6.00. The largest absolute Gasteiger partial charge is 0.484 e. The first kappa shape index (κ1) is 23.5. The number of halogens is 3. The summed E-state index contributed by atoms with van der Waals surface area (Å²) in [7, 11) is 0. The number of para-hydroxylation sites is 1. The number of ether oxygens (including phenoxy) is 1. The molecule has 0 bridgehead atoms. The number of alkyl halides is 3. The molecule has 0 atom stereocenters. The zero-order chi connectivity index (χ0) is 24.1. The van der Waals surface area contributed by atoms with Crippen LogP contribution in [0.2, 0.25) is 0 Å². The number of nitrogens with one attached hydrogen (secondary N) is 2. The van der Waals surface area contributed by atoms with Crippen LogP contribution in [0, 0.1) is 0 Å². The van der Waals surface area contributed by atoms with Crippen LogP contribution in [0.3, 0.4) is 0 Å². The fraction of sp³-hybridized carbons (Fsp3) is 0.333. The number of fused-ring (bicyclic) bond motifs is 1. The van der Waals surface area contributed by atoms with Crippen LogP contribution in [-0.4, -0.2) is 65.7 Å². The molecule has 1 fully saturated rings. The molecule has 1 aromatic heterocycles. The van der Waals surface area contributed by atoms with E-state index in [2.05, 4.69) is 10.3 Å². The minimum atomic E-state index is -4.41. The van der Waals surface area contributed by atoms with E-state index < -0.39 is 12.8 Å². The van der Waals surface area contributed by atoms with Crippen LogP contribution in [0.1, 0.15) is 11.1 Å². The lowest BCUT2D eigenvalue weighted by Crippen LogP contribution is -2.53. The topological polar surface area (TPSA) is 77.7 Å². The smallest absolute Gasteiger partial charge is 0.422 e. The zero-order valence-electron chi connectivity index (χ0n) is 18.4. The van der Waals surface area contributed by atoms with Crippen LogP contribution in [-0.2, 0) is 17.8 Å². The molecule has 3 amide bonds. The number of hydrogen-bond donors (Lipinski definition) is 2. The van der Waals surface area contributed by atoms with E-state index in [1.54, 1.807) is 21.9 Å². The molecule has 34 heavy (non-hydrogen) atoms. The zero-order valence-corrected chi connectivity index (χ0v) is 18.4. The van der Waals surface area contributed by atoms with Crippen molar-refractivity contribution in [1.82, 2.24) is 20.1 Å². The number of rotatable bonds is 6. The van der Waals surface area contributed by atoms with Gasteiger partial charge in [-0.15, -0.1) is 0 Å². The highest BCUT2D eigenvalue weighted by Gasteiger charge is 2.28. The van der Waals surface area contributed by atoms with Crippen LogP contribution in [0.25, 0.3) is 10.9 Å². The maximum atomic E-state index is 12.8. The number of hydrogen-bond acceptors (Lipinski definition) is 3. The van der Waals surface area contributed by atoms with Gasteiger partial charge in [-0.2, -0.15) is 13.2 Å². The van der Waals surface area contributed by atoms with Crippen LogP contribution < -0.4 is 10.1 Å². The summed E-state index contributed by atoms with van der Waals surface area (Å²) in [6.07, 6.45) is -2.26. The van der Waals surface area contributed by atoms with E-state index in [0.717, 1.165) is 16.5 Å².